The van der Waals surface area contributed by atoms with Crippen molar-refractivity contribution in [2.24, 2.45) is 0 Å². The zero-order chi connectivity index (χ0) is 40.0. The molecule has 0 N–H and O–H groups in total. The first-order valence-electron chi connectivity index (χ1n) is 22.6. The summed E-state index contributed by atoms with van der Waals surface area (Å²) >= 11 is 0. The molecule has 0 unspecified atom stereocenters. The number of esters is 3. The summed E-state index contributed by atoms with van der Waals surface area (Å²) in [5.41, 5.74) is 0.00166. The molecule has 0 aliphatic carbocycles. The molecule has 1 aromatic rings. The van der Waals surface area contributed by atoms with E-state index in [1.165, 1.54) is 178 Å². The van der Waals surface area contributed by atoms with Gasteiger partial charge in [-0.2, -0.15) is 0 Å². The molecule has 9 nitrogen and oxygen atoms in total. The standard InChI is InChI=1S/C46H79NO8/c1-3-5-7-9-11-13-15-17-19-21-23-25-27-29-31-33-44(48)53-39-43(40-54-46(50)41-35-37-42(38-36-41)47(51)52)55-45(49)34-32-30-28-26-24-22-20-18-16-14-12-10-8-6-4-2/h35-38,43H,3-34,39-40H2,1-2H3/t43-/m1/s1. The molecule has 0 amide bonds. The van der Waals surface area contributed by atoms with Crippen molar-refractivity contribution in [3.8, 4) is 0 Å². The van der Waals surface area contributed by atoms with Gasteiger partial charge in [-0.25, -0.2) is 4.79 Å². The Balaban J connectivity index is 2.29. The lowest BCUT2D eigenvalue weighted by Crippen LogP contribution is -2.31. The average molecular weight is 774 g/mol. The van der Waals surface area contributed by atoms with Crippen molar-refractivity contribution in [3.05, 3.63) is 39.9 Å². The summed E-state index contributed by atoms with van der Waals surface area (Å²) in [6.07, 6.45) is 36.9. The fourth-order valence-corrected chi connectivity index (χ4v) is 6.87. The predicted molar refractivity (Wildman–Crippen MR) is 223 cm³/mol. The molecule has 0 saturated carbocycles. The Labute approximate surface area is 335 Å². The molecule has 9 heteroatoms. The van der Waals surface area contributed by atoms with Gasteiger partial charge in [0, 0.05) is 25.0 Å². The number of non-ortho nitro benzene ring substituents is 1. The zero-order valence-corrected chi connectivity index (χ0v) is 35.1. The van der Waals surface area contributed by atoms with Crippen LogP contribution in [-0.4, -0.2) is 42.1 Å². The third-order valence-corrected chi connectivity index (χ3v) is 10.4. The molecule has 55 heavy (non-hydrogen) atoms. The van der Waals surface area contributed by atoms with Gasteiger partial charge in [-0.05, 0) is 25.0 Å². The highest BCUT2D eigenvalue weighted by Gasteiger charge is 2.20. The number of nitrogens with zero attached hydrogens (tertiary/aromatic N) is 1. The van der Waals surface area contributed by atoms with Gasteiger partial charge in [-0.3, -0.25) is 19.7 Å². The van der Waals surface area contributed by atoms with E-state index in [1.54, 1.807) is 0 Å². The van der Waals surface area contributed by atoms with Gasteiger partial charge in [0.25, 0.3) is 5.69 Å². The Bertz CT molecular complexity index is 1090. The van der Waals surface area contributed by atoms with E-state index in [1.807, 2.05) is 0 Å². The molecule has 0 bridgehead atoms. The highest BCUT2D eigenvalue weighted by atomic mass is 16.6. The van der Waals surface area contributed by atoms with E-state index in [2.05, 4.69) is 13.8 Å². The van der Waals surface area contributed by atoms with Crippen LogP contribution in [0.3, 0.4) is 0 Å². The Morgan fingerprint density at radius 1 is 0.491 bits per heavy atom. The second-order valence-electron chi connectivity index (χ2n) is 15.6. The normalized spacial score (nSPS) is 11.7. The number of carbonyl (C=O) groups excluding carboxylic acids is 3. The third kappa shape index (κ3) is 30.9. The van der Waals surface area contributed by atoms with E-state index < -0.39 is 23.0 Å². The molecule has 1 atom stereocenters. The van der Waals surface area contributed by atoms with Crippen molar-refractivity contribution >= 4 is 23.6 Å². The number of unbranched alkanes of at least 4 members (excludes halogenated alkanes) is 28. The molecule has 0 spiro atoms. The fraction of sp³-hybridized carbons (Fsp3) is 0.804. The van der Waals surface area contributed by atoms with E-state index in [-0.39, 0.29) is 36.9 Å². The van der Waals surface area contributed by atoms with Crippen LogP contribution in [0.25, 0.3) is 0 Å². The molecular weight excluding hydrogens is 695 g/mol. The monoisotopic (exact) mass is 774 g/mol. The second kappa shape index (κ2) is 36.7. The highest BCUT2D eigenvalue weighted by molar-refractivity contribution is 5.89. The molecule has 1 rings (SSSR count). The van der Waals surface area contributed by atoms with Gasteiger partial charge >= 0.3 is 17.9 Å². The molecular formula is C46H79NO8. The lowest BCUT2D eigenvalue weighted by Gasteiger charge is -2.18. The minimum atomic E-state index is -0.934. The highest BCUT2D eigenvalue weighted by Crippen LogP contribution is 2.17. The maximum absolute atomic E-state index is 12.7. The Hall–Kier alpha value is -2.97. The minimum Gasteiger partial charge on any atom is -0.462 e. The van der Waals surface area contributed by atoms with E-state index in [0.29, 0.717) is 12.8 Å². The number of nitro groups is 1. The van der Waals surface area contributed by atoms with Crippen LogP contribution in [0.4, 0.5) is 5.69 Å². The largest absolute Gasteiger partial charge is 0.462 e. The first-order valence-corrected chi connectivity index (χ1v) is 22.6. The van der Waals surface area contributed by atoms with Gasteiger partial charge in [0.1, 0.15) is 13.2 Å². The van der Waals surface area contributed by atoms with E-state index in [0.717, 1.165) is 32.1 Å². The van der Waals surface area contributed by atoms with Crippen molar-refractivity contribution in [1.82, 2.24) is 0 Å². The minimum absolute atomic E-state index is 0.136. The molecule has 316 valence electrons. The number of carbonyl (C=O) groups is 3. The van der Waals surface area contributed by atoms with Gasteiger partial charge < -0.3 is 14.2 Å². The molecule has 0 fully saturated rings. The van der Waals surface area contributed by atoms with Gasteiger partial charge in [-0.15, -0.1) is 0 Å². The van der Waals surface area contributed by atoms with Gasteiger partial charge in [0.15, 0.2) is 6.10 Å². The predicted octanol–water partition coefficient (Wildman–Crippen LogP) is 13.7. The molecule has 0 heterocycles. The maximum Gasteiger partial charge on any atom is 0.338 e. The van der Waals surface area contributed by atoms with Crippen LogP contribution in [0.15, 0.2) is 24.3 Å². The number of nitro benzene ring substituents is 1. The molecule has 0 aliphatic rings. The smallest absolute Gasteiger partial charge is 0.338 e. The summed E-state index contributed by atoms with van der Waals surface area (Å²) in [4.78, 5) is 48.2. The van der Waals surface area contributed by atoms with Crippen LogP contribution < -0.4 is 0 Å². The summed E-state index contributed by atoms with van der Waals surface area (Å²) < 4.78 is 16.4. The van der Waals surface area contributed by atoms with Crippen LogP contribution in [0.1, 0.15) is 230 Å². The first kappa shape index (κ1) is 50.0. The van der Waals surface area contributed by atoms with Crippen LogP contribution in [0, 0.1) is 10.1 Å². The van der Waals surface area contributed by atoms with Gasteiger partial charge in [0.05, 0.1) is 10.5 Å². The SMILES string of the molecule is CCCCCCCCCCCCCCCCCC(=O)OC[C@H](COC(=O)c1ccc([N+](=O)[O-])cc1)OC(=O)CCCCCCCCCCCCCCCCC. The maximum atomic E-state index is 12.7. The Kier molecular flexibility index (Phi) is 33.4. The lowest BCUT2D eigenvalue weighted by molar-refractivity contribution is -0.384. The zero-order valence-electron chi connectivity index (χ0n) is 35.1. The van der Waals surface area contributed by atoms with Crippen molar-refractivity contribution in [2.75, 3.05) is 13.2 Å². The van der Waals surface area contributed by atoms with Crippen LogP contribution >= 0.6 is 0 Å². The van der Waals surface area contributed by atoms with Crippen molar-refractivity contribution in [2.45, 2.75) is 225 Å². The number of ether oxygens (including phenoxy) is 3. The van der Waals surface area contributed by atoms with Crippen LogP contribution in [0.2, 0.25) is 0 Å². The van der Waals surface area contributed by atoms with Crippen molar-refractivity contribution in [3.63, 3.8) is 0 Å². The summed E-state index contributed by atoms with van der Waals surface area (Å²) in [6, 6.07) is 5.08. The quantitative estimate of drug-likeness (QED) is 0.0213. The molecule has 1 aromatic carbocycles. The summed E-state index contributed by atoms with van der Waals surface area (Å²) in [7, 11) is 0. The second-order valence-corrected chi connectivity index (χ2v) is 15.6. The van der Waals surface area contributed by atoms with Crippen LogP contribution in [0.5, 0.6) is 0 Å². The first-order chi connectivity index (χ1) is 26.9. The molecule has 0 saturated heterocycles. The number of benzene rings is 1. The van der Waals surface area contributed by atoms with Crippen LogP contribution in [-0.2, 0) is 23.8 Å². The summed E-state index contributed by atoms with van der Waals surface area (Å²) in [5.74, 6) is -1.48. The number of hydrogen-bond donors (Lipinski definition) is 0. The van der Waals surface area contributed by atoms with Crippen molar-refractivity contribution in [1.29, 1.82) is 0 Å². The topological polar surface area (TPSA) is 122 Å². The summed E-state index contributed by atoms with van der Waals surface area (Å²) in [5, 5.41) is 11.0. The number of rotatable bonds is 39. The lowest BCUT2D eigenvalue weighted by atomic mass is 10.0. The molecule has 0 radical (unpaired) electrons. The average Bonchev–Trinajstić information content (AvgIpc) is 3.18. The van der Waals surface area contributed by atoms with E-state index in [9.17, 15) is 24.5 Å². The fourth-order valence-electron chi connectivity index (χ4n) is 6.87. The van der Waals surface area contributed by atoms with Gasteiger partial charge in [-0.1, -0.05) is 194 Å². The van der Waals surface area contributed by atoms with Gasteiger partial charge in [0.2, 0.25) is 0 Å². The third-order valence-electron chi connectivity index (χ3n) is 10.4. The van der Waals surface area contributed by atoms with E-state index in [4.69, 9.17) is 14.2 Å². The molecule has 0 aromatic heterocycles. The summed E-state index contributed by atoms with van der Waals surface area (Å²) in [6.45, 7) is 4.03. The number of hydrogen-bond acceptors (Lipinski definition) is 8. The Morgan fingerprint density at radius 2 is 0.818 bits per heavy atom. The van der Waals surface area contributed by atoms with Crippen molar-refractivity contribution < 1.29 is 33.5 Å². The van der Waals surface area contributed by atoms with E-state index >= 15 is 0 Å². The molecule has 0 aliphatic heterocycles. The Morgan fingerprint density at radius 3 is 1.18 bits per heavy atom.